The van der Waals surface area contributed by atoms with Gasteiger partial charge in [0.05, 0.1) is 14.2 Å². The van der Waals surface area contributed by atoms with Crippen LogP contribution in [0.4, 0.5) is 0 Å². The zero-order valence-electron chi connectivity index (χ0n) is 13.4. The van der Waals surface area contributed by atoms with Crippen LogP contribution in [0.15, 0.2) is 24.3 Å². The third kappa shape index (κ3) is 4.74. The molecule has 1 saturated heterocycles. The Balaban J connectivity index is 1.86. The number of esters is 1. The minimum Gasteiger partial charge on any atom is -0.493 e. The molecule has 0 spiro atoms. The number of benzene rings is 1. The lowest BCUT2D eigenvalue weighted by molar-refractivity contribution is -0.147. The van der Waals surface area contributed by atoms with Crippen molar-refractivity contribution in [1.29, 1.82) is 0 Å². The minimum atomic E-state index is -0.549. The molecule has 0 radical (unpaired) electrons. The van der Waals surface area contributed by atoms with Crippen LogP contribution in [-0.4, -0.2) is 50.7 Å². The Hall–Kier alpha value is -2.50. The number of rotatable bonds is 6. The lowest BCUT2D eigenvalue weighted by Crippen LogP contribution is -2.31. The topological polar surface area (TPSA) is 65.1 Å². The molecule has 0 aromatic heterocycles. The Kier molecular flexibility index (Phi) is 6.02. The Morgan fingerprint density at radius 3 is 2.48 bits per heavy atom. The zero-order valence-corrected chi connectivity index (χ0v) is 13.4. The molecule has 1 aromatic rings. The summed E-state index contributed by atoms with van der Waals surface area (Å²) in [5, 5.41) is 0. The molecule has 2 rings (SSSR count). The molecule has 6 nitrogen and oxygen atoms in total. The van der Waals surface area contributed by atoms with E-state index in [1.165, 1.54) is 6.08 Å². The van der Waals surface area contributed by atoms with Crippen LogP contribution in [0, 0.1) is 0 Å². The number of carbonyl (C=O) groups excluding carboxylic acids is 2. The minimum absolute atomic E-state index is 0.143. The van der Waals surface area contributed by atoms with E-state index in [2.05, 4.69) is 0 Å². The SMILES string of the molecule is COc1ccc(/C=C/C(=O)OCC(=O)N2CCCC2)cc1OC. The Morgan fingerprint density at radius 2 is 1.83 bits per heavy atom. The van der Waals surface area contributed by atoms with Crippen molar-refractivity contribution in [2.75, 3.05) is 33.9 Å². The van der Waals surface area contributed by atoms with Gasteiger partial charge in [-0.2, -0.15) is 0 Å². The van der Waals surface area contributed by atoms with Crippen LogP contribution in [0.2, 0.25) is 0 Å². The number of likely N-dealkylation sites (tertiary alicyclic amines) is 1. The molecule has 1 aliphatic rings. The van der Waals surface area contributed by atoms with E-state index in [1.807, 2.05) is 0 Å². The van der Waals surface area contributed by atoms with E-state index in [4.69, 9.17) is 14.2 Å². The molecular weight excluding hydrogens is 298 g/mol. The van der Waals surface area contributed by atoms with Crippen molar-refractivity contribution < 1.29 is 23.8 Å². The Morgan fingerprint density at radius 1 is 1.13 bits per heavy atom. The fourth-order valence-electron chi connectivity index (χ4n) is 2.36. The van der Waals surface area contributed by atoms with E-state index in [0.717, 1.165) is 31.5 Å². The molecule has 1 aromatic carbocycles. The second kappa shape index (κ2) is 8.22. The number of nitrogens with zero attached hydrogens (tertiary/aromatic N) is 1. The molecule has 1 amide bonds. The first-order chi connectivity index (χ1) is 11.1. The predicted octanol–water partition coefficient (Wildman–Crippen LogP) is 1.88. The van der Waals surface area contributed by atoms with Crippen LogP contribution in [0.5, 0.6) is 11.5 Å². The number of methoxy groups -OCH3 is 2. The van der Waals surface area contributed by atoms with Crippen LogP contribution in [0.3, 0.4) is 0 Å². The van der Waals surface area contributed by atoms with Gasteiger partial charge in [-0.25, -0.2) is 4.79 Å². The van der Waals surface area contributed by atoms with Crippen LogP contribution in [0.1, 0.15) is 18.4 Å². The molecule has 1 aliphatic heterocycles. The van der Waals surface area contributed by atoms with Gasteiger partial charge in [0.15, 0.2) is 18.1 Å². The Labute approximate surface area is 135 Å². The lowest BCUT2D eigenvalue weighted by atomic mass is 10.2. The van der Waals surface area contributed by atoms with Crippen molar-refractivity contribution in [3.8, 4) is 11.5 Å². The van der Waals surface area contributed by atoms with Crippen molar-refractivity contribution >= 4 is 18.0 Å². The van der Waals surface area contributed by atoms with Crippen molar-refractivity contribution in [2.45, 2.75) is 12.8 Å². The maximum absolute atomic E-state index is 11.8. The van der Waals surface area contributed by atoms with Gasteiger partial charge in [-0.3, -0.25) is 4.79 Å². The second-order valence-corrected chi connectivity index (χ2v) is 5.14. The second-order valence-electron chi connectivity index (χ2n) is 5.14. The molecule has 0 atom stereocenters. The third-order valence-corrected chi connectivity index (χ3v) is 3.62. The van der Waals surface area contributed by atoms with Gasteiger partial charge in [0.1, 0.15) is 0 Å². The molecule has 0 unspecified atom stereocenters. The molecule has 6 heteroatoms. The maximum Gasteiger partial charge on any atom is 0.331 e. The molecule has 0 saturated carbocycles. The fraction of sp³-hybridized carbons (Fsp3) is 0.412. The average molecular weight is 319 g/mol. The van der Waals surface area contributed by atoms with E-state index in [0.29, 0.717) is 11.5 Å². The van der Waals surface area contributed by atoms with Crippen molar-refractivity contribution in [2.24, 2.45) is 0 Å². The summed E-state index contributed by atoms with van der Waals surface area (Å²) < 4.78 is 15.3. The first-order valence-electron chi connectivity index (χ1n) is 7.48. The van der Waals surface area contributed by atoms with Crippen molar-refractivity contribution in [3.63, 3.8) is 0 Å². The van der Waals surface area contributed by atoms with E-state index < -0.39 is 5.97 Å². The highest BCUT2D eigenvalue weighted by Gasteiger charge is 2.18. The average Bonchev–Trinajstić information content (AvgIpc) is 3.12. The molecular formula is C17H21NO5. The first-order valence-corrected chi connectivity index (χ1v) is 7.48. The summed E-state index contributed by atoms with van der Waals surface area (Å²) in [5.74, 6) is 0.498. The van der Waals surface area contributed by atoms with Gasteiger partial charge < -0.3 is 19.1 Å². The van der Waals surface area contributed by atoms with E-state index in [1.54, 1.807) is 43.4 Å². The normalized spacial score (nSPS) is 14.1. The maximum atomic E-state index is 11.8. The fourth-order valence-corrected chi connectivity index (χ4v) is 2.36. The monoisotopic (exact) mass is 319 g/mol. The predicted molar refractivity (Wildman–Crippen MR) is 85.4 cm³/mol. The third-order valence-electron chi connectivity index (χ3n) is 3.62. The standard InChI is InChI=1S/C17H21NO5/c1-21-14-7-5-13(11-15(14)22-2)6-8-17(20)23-12-16(19)18-9-3-4-10-18/h5-8,11H,3-4,9-10,12H2,1-2H3/b8-6+. The van der Waals surface area contributed by atoms with E-state index in [9.17, 15) is 9.59 Å². The largest absolute Gasteiger partial charge is 0.493 e. The van der Waals surface area contributed by atoms with Gasteiger partial charge in [-0.15, -0.1) is 0 Å². The lowest BCUT2D eigenvalue weighted by Gasteiger charge is -2.14. The highest BCUT2D eigenvalue weighted by molar-refractivity contribution is 5.89. The quantitative estimate of drug-likeness (QED) is 0.592. The number of carbonyl (C=O) groups is 2. The van der Waals surface area contributed by atoms with Gasteiger partial charge in [0, 0.05) is 19.2 Å². The molecule has 23 heavy (non-hydrogen) atoms. The highest BCUT2D eigenvalue weighted by atomic mass is 16.5. The van der Waals surface area contributed by atoms with Gasteiger partial charge >= 0.3 is 5.97 Å². The summed E-state index contributed by atoms with van der Waals surface area (Å²) in [6.45, 7) is 1.28. The van der Waals surface area contributed by atoms with Crippen LogP contribution in [-0.2, 0) is 14.3 Å². The van der Waals surface area contributed by atoms with Gasteiger partial charge in [-0.1, -0.05) is 6.07 Å². The van der Waals surface area contributed by atoms with Crippen LogP contribution in [0.25, 0.3) is 6.08 Å². The van der Waals surface area contributed by atoms with Gasteiger partial charge in [0.2, 0.25) is 0 Å². The summed E-state index contributed by atoms with van der Waals surface area (Å²) in [7, 11) is 3.10. The molecule has 1 heterocycles. The highest BCUT2D eigenvalue weighted by Crippen LogP contribution is 2.27. The van der Waals surface area contributed by atoms with Gasteiger partial charge in [0.25, 0.3) is 5.91 Å². The van der Waals surface area contributed by atoms with Crippen LogP contribution >= 0.6 is 0 Å². The first kappa shape index (κ1) is 16.9. The zero-order chi connectivity index (χ0) is 16.7. The molecule has 0 bridgehead atoms. The number of amides is 1. The smallest absolute Gasteiger partial charge is 0.331 e. The number of hydrogen-bond acceptors (Lipinski definition) is 5. The number of hydrogen-bond donors (Lipinski definition) is 0. The van der Waals surface area contributed by atoms with Crippen LogP contribution < -0.4 is 9.47 Å². The summed E-state index contributed by atoms with van der Waals surface area (Å²) in [5.41, 5.74) is 0.769. The van der Waals surface area contributed by atoms with Crippen molar-refractivity contribution in [3.05, 3.63) is 29.8 Å². The van der Waals surface area contributed by atoms with Gasteiger partial charge in [-0.05, 0) is 36.6 Å². The molecule has 0 N–H and O–H groups in total. The summed E-state index contributed by atoms with van der Waals surface area (Å²) >= 11 is 0. The summed E-state index contributed by atoms with van der Waals surface area (Å²) in [6, 6.07) is 5.29. The Bertz CT molecular complexity index is 591. The molecule has 124 valence electrons. The van der Waals surface area contributed by atoms with Crippen molar-refractivity contribution in [1.82, 2.24) is 4.90 Å². The summed E-state index contributed by atoms with van der Waals surface area (Å²) in [4.78, 5) is 25.2. The van der Waals surface area contributed by atoms with E-state index >= 15 is 0 Å². The van der Waals surface area contributed by atoms with E-state index in [-0.39, 0.29) is 12.5 Å². The molecule has 1 fully saturated rings. The number of ether oxygens (including phenoxy) is 3. The summed E-state index contributed by atoms with van der Waals surface area (Å²) in [6.07, 6.45) is 4.92. The molecule has 0 aliphatic carbocycles.